The van der Waals surface area contributed by atoms with Gasteiger partial charge in [-0.2, -0.15) is 0 Å². The number of ether oxygens (including phenoxy) is 2. The molecule has 0 bridgehead atoms. The maximum atomic E-state index is 14.2. The van der Waals surface area contributed by atoms with Crippen molar-refractivity contribution < 1.29 is 27.6 Å². The van der Waals surface area contributed by atoms with Crippen molar-refractivity contribution in [1.29, 1.82) is 0 Å². The summed E-state index contributed by atoms with van der Waals surface area (Å²) in [5.74, 6) is -1.41. The minimum absolute atomic E-state index is 0.000461. The van der Waals surface area contributed by atoms with E-state index in [0.29, 0.717) is 17.6 Å². The standard InChI is InChI=1S/C19H15ClF2N2O4/c1-9-17(18(24-28-9)11-5-4-10(21)6-13(11)22)19(25)23-14-7-12(20)15(26-2)8-16(14)27-3/h4-8H,1-3H3,(H,23,25). The van der Waals surface area contributed by atoms with Crippen LogP contribution in [0.2, 0.25) is 5.02 Å². The fourth-order valence-electron chi connectivity index (χ4n) is 2.65. The van der Waals surface area contributed by atoms with Crippen molar-refractivity contribution in [1.82, 2.24) is 5.16 Å². The molecule has 0 aliphatic heterocycles. The van der Waals surface area contributed by atoms with Crippen LogP contribution in [0.5, 0.6) is 11.5 Å². The van der Waals surface area contributed by atoms with Gasteiger partial charge in [-0.15, -0.1) is 0 Å². The summed E-state index contributed by atoms with van der Waals surface area (Å²) in [5, 5.41) is 6.64. The SMILES string of the molecule is COc1cc(OC)c(NC(=O)c2c(-c3ccc(F)cc3F)noc2C)cc1Cl. The Morgan fingerprint density at radius 1 is 1.14 bits per heavy atom. The lowest BCUT2D eigenvalue weighted by atomic mass is 10.0. The molecule has 9 heteroatoms. The van der Waals surface area contributed by atoms with Crippen LogP contribution in [0.15, 0.2) is 34.9 Å². The van der Waals surface area contributed by atoms with E-state index < -0.39 is 17.5 Å². The van der Waals surface area contributed by atoms with E-state index in [4.69, 9.17) is 25.6 Å². The molecule has 1 aromatic heterocycles. The summed E-state index contributed by atoms with van der Waals surface area (Å²) in [7, 11) is 2.87. The van der Waals surface area contributed by atoms with E-state index in [0.717, 1.165) is 6.07 Å². The number of aryl methyl sites for hydroxylation is 1. The number of methoxy groups -OCH3 is 2. The van der Waals surface area contributed by atoms with Gasteiger partial charge in [0.15, 0.2) is 0 Å². The number of nitrogens with zero attached hydrogens (tertiary/aromatic N) is 1. The fraction of sp³-hybridized carbons (Fsp3) is 0.158. The Kier molecular flexibility index (Phi) is 5.51. The van der Waals surface area contributed by atoms with E-state index in [2.05, 4.69) is 10.5 Å². The molecule has 3 aromatic rings. The van der Waals surface area contributed by atoms with Crippen LogP contribution in [0.4, 0.5) is 14.5 Å². The first-order valence-corrected chi connectivity index (χ1v) is 8.38. The van der Waals surface area contributed by atoms with Crippen molar-refractivity contribution in [3.05, 3.63) is 58.3 Å². The van der Waals surface area contributed by atoms with Gasteiger partial charge in [0.05, 0.1) is 24.9 Å². The van der Waals surface area contributed by atoms with Crippen molar-refractivity contribution in [2.75, 3.05) is 19.5 Å². The van der Waals surface area contributed by atoms with Crippen LogP contribution in [0.3, 0.4) is 0 Å². The van der Waals surface area contributed by atoms with Crippen LogP contribution in [-0.4, -0.2) is 25.3 Å². The largest absolute Gasteiger partial charge is 0.495 e. The number of carbonyl (C=O) groups excluding carboxylic acids is 1. The van der Waals surface area contributed by atoms with Crippen molar-refractivity contribution in [3.63, 3.8) is 0 Å². The van der Waals surface area contributed by atoms with Crippen molar-refractivity contribution in [2.24, 2.45) is 0 Å². The summed E-state index contributed by atoms with van der Waals surface area (Å²) in [6.45, 7) is 1.51. The molecule has 0 atom stereocenters. The third-order valence-corrected chi connectivity index (χ3v) is 4.29. The van der Waals surface area contributed by atoms with Gasteiger partial charge >= 0.3 is 0 Å². The summed E-state index contributed by atoms with van der Waals surface area (Å²) in [4.78, 5) is 12.9. The van der Waals surface area contributed by atoms with Gasteiger partial charge in [-0.3, -0.25) is 4.79 Å². The number of halogens is 3. The zero-order chi connectivity index (χ0) is 20.4. The maximum absolute atomic E-state index is 14.2. The Morgan fingerprint density at radius 3 is 2.50 bits per heavy atom. The second kappa shape index (κ2) is 7.85. The van der Waals surface area contributed by atoms with E-state index in [1.54, 1.807) is 0 Å². The summed E-state index contributed by atoms with van der Waals surface area (Å²) in [5.41, 5.74) is 0.151. The van der Waals surface area contributed by atoms with Gasteiger partial charge in [0.25, 0.3) is 5.91 Å². The molecule has 0 unspecified atom stereocenters. The molecule has 28 heavy (non-hydrogen) atoms. The van der Waals surface area contributed by atoms with Crippen molar-refractivity contribution in [3.8, 4) is 22.8 Å². The van der Waals surface area contributed by atoms with Crippen LogP contribution >= 0.6 is 11.6 Å². The van der Waals surface area contributed by atoms with Crippen LogP contribution in [0.1, 0.15) is 16.1 Å². The molecule has 0 aliphatic carbocycles. The predicted octanol–water partition coefficient (Wildman–Crippen LogP) is 4.85. The third-order valence-electron chi connectivity index (χ3n) is 4.00. The van der Waals surface area contributed by atoms with Crippen molar-refractivity contribution >= 4 is 23.2 Å². The monoisotopic (exact) mass is 408 g/mol. The number of anilines is 1. The summed E-state index contributed by atoms with van der Waals surface area (Å²) in [6.07, 6.45) is 0. The molecule has 6 nitrogen and oxygen atoms in total. The fourth-order valence-corrected chi connectivity index (χ4v) is 2.89. The predicted molar refractivity (Wildman–Crippen MR) is 99.1 cm³/mol. The molecule has 2 aromatic carbocycles. The minimum Gasteiger partial charge on any atom is -0.495 e. The molecule has 0 saturated heterocycles. The average Bonchev–Trinajstić information content (AvgIpc) is 3.03. The molecule has 146 valence electrons. The number of amides is 1. The van der Waals surface area contributed by atoms with Gasteiger partial charge in [0.2, 0.25) is 0 Å². The first-order valence-electron chi connectivity index (χ1n) is 8.00. The quantitative estimate of drug-likeness (QED) is 0.653. The highest BCUT2D eigenvalue weighted by Crippen LogP contribution is 2.37. The number of nitrogens with one attached hydrogen (secondary N) is 1. The summed E-state index contributed by atoms with van der Waals surface area (Å²) >= 11 is 6.11. The maximum Gasteiger partial charge on any atom is 0.261 e. The molecular formula is C19H15ClF2N2O4. The highest BCUT2D eigenvalue weighted by atomic mass is 35.5. The lowest BCUT2D eigenvalue weighted by molar-refractivity contribution is 0.102. The van der Waals surface area contributed by atoms with Crippen molar-refractivity contribution in [2.45, 2.75) is 6.92 Å². The lowest BCUT2D eigenvalue weighted by Crippen LogP contribution is -2.14. The minimum atomic E-state index is -0.868. The smallest absolute Gasteiger partial charge is 0.261 e. The third kappa shape index (κ3) is 3.63. The van der Waals surface area contributed by atoms with Gasteiger partial charge in [-0.05, 0) is 25.1 Å². The second-order valence-electron chi connectivity index (χ2n) is 5.73. The first-order chi connectivity index (χ1) is 13.3. The number of benzene rings is 2. The highest BCUT2D eigenvalue weighted by molar-refractivity contribution is 6.32. The molecule has 0 saturated carbocycles. The van der Waals surface area contributed by atoms with Gasteiger partial charge < -0.3 is 19.3 Å². The zero-order valence-electron chi connectivity index (χ0n) is 15.1. The topological polar surface area (TPSA) is 73.6 Å². The second-order valence-corrected chi connectivity index (χ2v) is 6.13. The molecular weight excluding hydrogens is 394 g/mol. The number of hydrogen-bond donors (Lipinski definition) is 1. The van der Waals surface area contributed by atoms with Gasteiger partial charge in [0, 0.05) is 17.7 Å². The van der Waals surface area contributed by atoms with Gasteiger partial charge in [-0.1, -0.05) is 16.8 Å². The normalized spacial score (nSPS) is 10.6. The Hall–Kier alpha value is -3.13. The molecule has 0 spiro atoms. The summed E-state index contributed by atoms with van der Waals surface area (Å²) < 4.78 is 42.8. The van der Waals surface area contributed by atoms with E-state index in [-0.39, 0.29) is 33.3 Å². The van der Waals surface area contributed by atoms with Gasteiger partial charge in [-0.25, -0.2) is 8.78 Å². The molecule has 1 amide bonds. The Morgan fingerprint density at radius 2 is 1.86 bits per heavy atom. The Labute approximate surface area is 164 Å². The highest BCUT2D eigenvalue weighted by Gasteiger charge is 2.25. The van der Waals surface area contributed by atoms with E-state index in [1.807, 2.05) is 0 Å². The summed E-state index contributed by atoms with van der Waals surface area (Å²) in [6, 6.07) is 5.92. The van der Waals surface area contributed by atoms with E-state index in [9.17, 15) is 13.6 Å². The molecule has 0 radical (unpaired) electrons. The lowest BCUT2D eigenvalue weighted by Gasteiger charge is -2.13. The molecule has 0 fully saturated rings. The Bertz CT molecular complexity index is 1050. The van der Waals surface area contributed by atoms with Crippen LogP contribution in [-0.2, 0) is 0 Å². The molecule has 0 aliphatic rings. The number of carbonyl (C=O) groups is 1. The molecule has 3 rings (SSSR count). The van der Waals surface area contributed by atoms with Gasteiger partial charge in [0.1, 0.15) is 40.2 Å². The average molecular weight is 409 g/mol. The number of hydrogen-bond acceptors (Lipinski definition) is 5. The molecule has 1 N–H and O–H groups in total. The molecule has 1 heterocycles. The number of rotatable bonds is 5. The van der Waals surface area contributed by atoms with Crippen LogP contribution in [0, 0.1) is 18.6 Å². The zero-order valence-corrected chi connectivity index (χ0v) is 15.9. The first kappa shape index (κ1) is 19.6. The van der Waals surface area contributed by atoms with E-state index >= 15 is 0 Å². The van der Waals surface area contributed by atoms with E-state index in [1.165, 1.54) is 39.3 Å². The number of aromatic nitrogens is 1. The van der Waals surface area contributed by atoms with Crippen LogP contribution in [0.25, 0.3) is 11.3 Å². The van der Waals surface area contributed by atoms with Crippen LogP contribution < -0.4 is 14.8 Å². The Balaban J connectivity index is 2.01.